The van der Waals surface area contributed by atoms with Crippen LogP contribution >= 0.6 is 23.2 Å². The van der Waals surface area contributed by atoms with E-state index in [2.05, 4.69) is 20.0 Å². The molecule has 176 valence electrons. The molecule has 0 spiro atoms. The van der Waals surface area contributed by atoms with Gasteiger partial charge < -0.3 is 14.7 Å². The lowest BCUT2D eigenvalue weighted by atomic mass is 10.1. The average molecular weight is 492 g/mol. The number of nitrogens with zero attached hydrogens (tertiary/aromatic N) is 6. The zero-order chi connectivity index (χ0) is 23.3. The number of fused-ring (bicyclic) bond motifs is 3. The van der Waals surface area contributed by atoms with Crippen molar-refractivity contribution in [3.05, 3.63) is 45.7 Å². The Morgan fingerprint density at radius 1 is 1.06 bits per heavy atom. The maximum Gasteiger partial charge on any atom is 0.325 e. The summed E-state index contributed by atoms with van der Waals surface area (Å²) in [6.07, 6.45) is 1.46. The molecule has 2 unspecified atom stereocenters. The molecule has 1 N–H and O–H groups in total. The maximum absolute atomic E-state index is 12.4. The number of likely N-dealkylation sites (N-methyl/N-ethyl adjacent to an activating group) is 1. The molecule has 3 amide bonds. The van der Waals surface area contributed by atoms with Crippen molar-refractivity contribution < 1.29 is 9.59 Å². The predicted molar refractivity (Wildman–Crippen MR) is 127 cm³/mol. The van der Waals surface area contributed by atoms with Gasteiger partial charge in [0.25, 0.3) is 5.91 Å². The van der Waals surface area contributed by atoms with E-state index in [0.717, 1.165) is 63.0 Å². The fourth-order valence-corrected chi connectivity index (χ4v) is 5.36. The minimum atomic E-state index is -0.511. The van der Waals surface area contributed by atoms with Crippen LogP contribution in [0.5, 0.6) is 0 Å². The topological polar surface area (TPSA) is 74.7 Å². The number of benzene rings is 1. The summed E-state index contributed by atoms with van der Waals surface area (Å²) >= 11 is 12.7. The van der Waals surface area contributed by atoms with Crippen molar-refractivity contribution in [3.8, 4) is 0 Å². The summed E-state index contributed by atoms with van der Waals surface area (Å²) in [6.45, 7) is 8.24. The summed E-state index contributed by atoms with van der Waals surface area (Å²) in [6, 6.07) is 4.71. The van der Waals surface area contributed by atoms with Crippen molar-refractivity contribution in [1.29, 1.82) is 0 Å². The van der Waals surface area contributed by atoms with Crippen molar-refractivity contribution in [3.63, 3.8) is 0 Å². The van der Waals surface area contributed by atoms with Gasteiger partial charge in [-0.2, -0.15) is 0 Å². The van der Waals surface area contributed by atoms with Crippen molar-refractivity contribution >= 4 is 41.1 Å². The molecule has 2 fully saturated rings. The van der Waals surface area contributed by atoms with Crippen molar-refractivity contribution in [2.45, 2.75) is 25.7 Å². The number of hydrogen-bond donors (Lipinski definition) is 1. The highest BCUT2D eigenvalue weighted by molar-refractivity contribution is 6.35. The number of imide groups is 1. The van der Waals surface area contributed by atoms with Gasteiger partial charge in [0.05, 0.1) is 0 Å². The molecule has 2 atom stereocenters. The summed E-state index contributed by atoms with van der Waals surface area (Å²) in [5.41, 5.74) is 2.03. The quantitative estimate of drug-likeness (QED) is 0.677. The molecule has 0 radical (unpaired) electrons. The zero-order valence-electron chi connectivity index (χ0n) is 18.7. The minimum absolute atomic E-state index is 0.303. The van der Waals surface area contributed by atoms with Crippen LogP contribution in [-0.4, -0.2) is 101 Å². The van der Waals surface area contributed by atoms with Crippen LogP contribution in [0.1, 0.15) is 12.5 Å². The highest BCUT2D eigenvalue weighted by atomic mass is 35.5. The van der Waals surface area contributed by atoms with Gasteiger partial charge in [0.1, 0.15) is 0 Å². The van der Waals surface area contributed by atoms with Gasteiger partial charge in [-0.15, -0.1) is 0 Å². The lowest BCUT2D eigenvalue weighted by Gasteiger charge is -2.36. The fraction of sp³-hybridized carbons (Fsp3) is 0.500. The molecule has 4 aliphatic heterocycles. The number of urea groups is 1. The lowest BCUT2D eigenvalue weighted by molar-refractivity contribution is -0.126. The number of rotatable bonds is 5. The number of piperazine rings is 1. The van der Waals surface area contributed by atoms with Crippen LogP contribution in [0.3, 0.4) is 0 Å². The van der Waals surface area contributed by atoms with E-state index < -0.39 is 18.2 Å². The first-order valence-corrected chi connectivity index (χ1v) is 11.9. The Morgan fingerprint density at radius 2 is 1.73 bits per heavy atom. The molecular weight excluding hydrogens is 465 g/mol. The predicted octanol–water partition coefficient (Wildman–Crippen LogP) is 1.84. The number of halogens is 2. The molecule has 0 bridgehead atoms. The highest BCUT2D eigenvalue weighted by Crippen LogP contribution is 2.31. The first-order chi connectivity index (χ1) is 15.8. The summed E-state index contributed by atoms with van der Waals surface area (Å²) in [5.74, 6) is 0.439. The summed E-state index contributed by atoms with van der Waals surface area (Å²) in [5, 5.41) is 3.84. The smallest absolute Gasteiger partial charge is 0.313 e. The van der Waals surface area contributed by atoms with E-state index in [1.807, 2.05) is 36.2 Å². The number of aliphatic imine (C=N–C) groups is 1. The van der Waals surface area contributed by atoms with Crippen molar-refractivity contribution in [2.24, 2.45) is 4.99 Å². The van der Waals surface area contributed by atoms with Gasteiger partial charge in [-0.1, -0.05) is 29.3 Å². The molecule has 4 aliphatic rings. The number of carbonyl (C=O) groups is 2. The van der Waals surface area contributed by atoms with Gasteiger partial charge in [0.2, 0.25) is 5.96 Å². The molecule has 1 aromatic rings. The maximum atomic E-state index is 12.4. The second kappa shape index (κ2) is 8.79. The molecule has 1 aromatic carbocycles. The van der Waals surface area contributed by atoms with E-state index in [-0.39, 0.29) is 5.91 Å². The number of carbonyl (C=O) groups excluding carboxylic acids is 2. The summed E-state index contributed by atoms with van der Waals surface area (Å²) < 4.78 is 0. The Hall–Kier alpha value is -2.33. The largest absolute Gasteiger partial charge is 0.325 e. The number of amides is 3. The van der Waals surface area contributed by atoms with Gasteiger partial charge in [0.15, 0.2) is 12.2 Å². The van der Waals surface area contributed by atoms with E-state index in [1.54, 1.807) is 7.05 Å². The van der Waals surface area contributed by atoms with Crippen molar-refractivity contribution in [2.75, 3.05) is 46.3 Å². The fourth-order valence-electron chi connectivity index (χ4n) is 4.84. The monoisotopic (exact) mass is 491 g/mol. The van der Waals surface area contributed by atoms with Crippen LogP contribution in [0.4, 0.5) is 4.79 Å². The van der Waals surface area contributed by atoms with E-state index in [9.17, 15) is 9.59 Å². The Labute approximate surface area is 203 Å². The second-order valence-corrected chi connectivity index (χ2v) is 9.65. The second-order valence-electron chi connectivity index (χ2n) is 8.84. The number of allylic oxidation sites excluding steroid dienone is 1. The van der Waals surface area contributed by atoms with E-state index in [4.69, 9.17) is 28.2 Å². The molecule has 5 rings (SSSR count). The molecule has 4 heterocycles. The van der Waals surface area contributed by atoms with Gasteiger partial charge in [-0.25, -0.2) is 9.79 Å². The number of guanidine groups is 1. The van der Waals surface area contributed by atoms with Crippen molar-refractivity contribution in [1.82, 2.24) is 29.8 Å². The normalized spacial score (nSPS) is 25.8. The van der Waals surface area contributed by atoms with Crippen LogP contribution in [0, 0.1) is 0 Å². The highest BCUT2D eigenvalue weighted by Gasteiger charge is 2.51. The Morgan fingerprint density at radius 3 is 2.42 bits per heavy atom. The molecule has 0 saturated carbocycles. The van der Waals surface area contributed by atoms with Gasteiger partial charge in [-0.05, 0) is 19.1 Å². The molecule has 0 aromatic heterocycles. The van der Waals surface area contributed by atoms with E-state index >= 15 is 0 Å². The third kappa shape index (κ3) is 4.07. The third-order valence-electron chi connectivity index (χ3n) is 6.82. The first kappa shape index (κ1) is 22.5. The first-order valence-electron chi connectivity index (χ1n) is 11.1. The standard InChI is InChI=1S/C22H27Cl2N7O2/c1-14-12-31-18-19(27(2)22(33)26-20(18)32)25-21(31)30(14)11-10-28-6-8-29(9-7-28)13-15-16(23)4-3-5-17(15)24/h3-5,12,18-19H,6-11,13H2,1-2H3,(H,26,32,33). The molecule has 2 saturated heterocycles. The molecule has 9 nitrogen and oxygen atoms in total. The number of hydrogen-bond acceptors (Lipinski definition) is 7. The Kier molecular flexibility index (Phi) is 5.98. The Bertz CT molecular complexity index is 1020. The summed E-state index contributed by atoms with van der Waals surface area (Å²) in [7, 11) is 1.67. The third-order valence-corrected chi connectivity index (χ3v) is 7.53. The molecule has 11 heteroatoms. The van der Waals surface area contributed by atoms with Crippen LogP contribution < -0.4 is 5.32 Å². The Balaban J connectivity index is 1.17. The van der Waals surface area contributed by atoms with Gasteiger partial charge in [0, 0.05) is 80.4 Å². The van der Waals surface area contributed by atoms with E-state index in [1.165, 1.54) is 4.90 Å². The van der Waals surface area contributed by atoms with Crippen LogP contribution in [-0.2, 0) is 11.3 Å². The van der Waals surface area contributed by atoms with E-state index in [0.29, 0.717) is 10.0 Å². The molecule has 33 heavy (non-hydrogen) atoms. The number of nitrogens with one attached hydrogen (secondary N) is 1. The van der Waals surface area contributed by atoms with Crippen LogP contribution in [0.15, 0.2) is 35.1 Å². The zero-order valence-corrected chi connectivity index (χ0v) is 20.2. The van der Waals surface area contributed by atoms with Crippen LogP contribution in [0.2, 0.25) is 10.0 Å². The van der Waals surface area contributed by atoms with Crippen LogP contribution in [0.25, 0.3) is 0 Å². The summed E-state index contributed by atoms with van der Waals surface area (Å²) in [4.78, 5) is 39.5. The van der Waals surface area contributed by atoms with Gasteiger partial charge >= 0.3 is 6.03 Å². The molecule has 0 aliphatic carbocycles. The minimum Gasteiger partial charge on any atom is -0.313 e. The molecular formula is C22H27Cl2N7O2. The lowest BCUT2D eigenvalue weighted by Crippen LogP contribution is -2.62. The average Bonchev–Trinajstić information content (AvgIpc) is 3.29. The van der Waals surface area contributed by atoms with Gasteiger partial charge in [-0.3, -0.25) is 19.9 Å². The SMILES string of the molecule is CC1=CN2C(=NC3C2C(=O)NC(=O)N3C)N1CCN1CCN(Cc2c(Cl)cccc2Cl)CC1.